The molecule has 2 aliphatic rings. The van der Waals surface area contributed by atoms with Gasteiger partial charge in [-0.3, -0.25) is 9.69 Å². The van der Waals surface area contributed by atoms with E-state index in [2.05, 4.69) is 10.00 Å². The van der Waals surface area contributed by atoms with E-state index in [1.165, 1.54) is 11.6 Å². The molecule has 2 aliphatic heterocycles. The molecule has 0 atom stereocenters. The molecule has 0 bridgehead atoms. The van der Waals surface area contributed by atoms with Crippen LogP contribution in [0.1, 0.15) is 42.2 Å². The van der Waals surface area contributed by atoms with E-state index in [0.717, 1.165) is 49.5 Å². The minimum Gasteiger partial charge on any atom is -0.323 e. The number of piperidine rings is 1. The number of likely N-dealkylation sites (tertiary alicyclic amines) is 2. The Balaban J connectivity index is 1.35. The molecule has 1 aromatic carbocycles. The molecular weight excluding hydrogens is 411 g/mol. The summed E-state index contributed by atoms with van der Waals surface area (Å²) in [7, 11) is 0. The predicted octanol–water partition coefficient (Wildman–Crippen LogP) is 4.35. The van der Waals surface area contributed by atoms with Crippen molar-refractivity contribution in [2.24, 2.45) is 5.41 Å². The normalized spacial score (nSPS) is 19.1. The monoisotopic (exact) mass is 434 g/mol. The molecule has 0 aliphatic carbocycles. The SMILES string of the molecule is CC(=O)c1ccn(C(=O)N2CCC3(CCN(Cc4cc(Cl)ccc4Cl)C3)CC2)n1. The van der Waals surface area contributed by atoms with Gasteiger partial charge in [0, 0.05) is 49.3 Å². The van der Waals surface area contributed by atoms with Crippen LogP contribution in [-0.2, 0) is 6.54 Å². The fourth-order valence-corrected chi connectivity index (χ4v) is 4.78. The summed E-state index contributed by atoms with van der Waals surface area (Å²) in [6, 6.07) is 7.02. The molecule has 1 amide bonds. The topological polar surface area (TPSA) is 58.4 Å². The average molecular weight is 435 g/mol. The molecule has 0 N–H and O–H groups in total. The first-order valence-electron chi connectivity index (χ1n) is 9.87. The van der Waals surface area contributed by atoms with E-state index in [1.807, 2.05) is 23.1 Å². The van der Waals surface area contributed by atoms with Gasteiger partial charge in [0.15, 0.2) is 5.78 Å². The average Bonchev–Trinajstić information content (AvgIpc) is 3.33. The van der Waals surface area contributed by atoms with Gasteiger partial charge in [-0.1, -0.05) is 23.2 Å². The Morgan fingerprint density at radius 3 is 2.52 bits per heavy atom. The van der Waals surface area contributed by atoms with Crippen LogP contribution in [0.2, 0.25) is 10.0 Å². The third-order valence-electron chi connectivity index (χ3n) is 6.16. The van der Waals surface area contributed by atoms with Crippen molar-refractivity contribution in [2.75, 3.05) is 26.2 Å². The van der Waals surface area contributed by atoms with Crippen LogP contribution >= 0.6 is 23.2 Å². The Morgan fingerprint density at radius 1 is 1.10 bits per heavy atom. The van der Waals surface area contributed by atoms with Crippen LogP contribution in [0.3, 0.4) is 0 Å². The number of amides is 1. The van der Waals surface area contributed by atoms with Crippen molar-refractivity contribution < 1.29 is 9.59 Å². The second kappa shape index (κ2) is 8.09. The van der Waals surface area contributed by atoms with Gasteiger partial charge in [-0.25, -0.2) is 4.79 Å². The maximum Gasteiger partial charge on any atom is 0.344 e. The highest BCUT2D eigenvalue weighted by Gasteiger charge is 2.41. The number of halogens is 2. The maximum absolute atomic E-state index is 12.7. The van der Waals surface area contributed by atoms with E-state index in [0.29, 0.717) is 23.8 Å². The Hall–Kier alpha value is -1.89. The molecule has 1 spiro atoms. The Bertz CT molecular complexity index is 935. The number of aromatic nitrogens is 2. The van der Waals surface area contributed by atoms with Gasteiger partial charge in [-0.15, -0.1) is 0 Å². The summed E-state index contributed by atoms with van der Waals surface area (Å²) in [6.07, 6.45) is 4.64. The maximum atomic E-state index is 12.7. The van der Waals surface area contributed by atoms with Gasteiger partial charge in [-0.2, -0.15) is 9.78 Å². The zero-order chi connectivity index (χ0) is 20.6. The van der Waals surface area contributed by atoms with Crippen LogP contribution in [0.25, 0.3) is 0 Å². The number of nitrogens with zero attached hydrogens (tertiary/aromatic N) is 4. The summed E-state index contributed by atoms with van der Waals surface area (Å²) in [6.45, 7) is 5.70. The van der Waals surface area contributed by atoms with Gasteiger partial charge in [0.05, 0.1) is 0 Å². The smallest absolute Gasteiger partial charge is 0.323 e. The lowest BCUT2D eigenvalue weighted by Gasteiger charge is -2.39. The predicted molar refractivity (Wildman–Crippen MR) is 113 cm³/mol. The molecule has 2 saturated heterocycles. The zero-order valence-electron chi connectivity index (χ0n) is 16.4. The van der Waals surface area contributed by atoms with Crippen molar-refractivity contribution in [3.8, 4) is 0 Å². The molecule has 2 fully saturated rings. The molecule has 1 aromatic heterocycles. The number of hydrogen-bond donors (Lipinski definition) is 0. The number of rotatable bonds is 3. The molecule has 6 nitrogen and oxygen atoms in total. The number of Topliss-reactive ketones (excluding diaryl/α,β-unsaturated/α-hetero) is 1. The van der Waals surface area contributed by atoms with Crippen molar-refractivity contribution in [3.05, 3.63) is 51.8 Å². The minimum atomic E-state index is -0.159. The highest BCUT2D eigenvalue weighted by molar-refractivity contribution is 6.33. The van der Waals surface area contributed by atoms with E-state index in [1.54, 1.807) is 12.3 Å². The van der Waals surface area contributed by atoms with Crippen molar-refractivity contribution in [2.45, 2.75) is 32.7 Å². The van der Waals surface area contributed by atoms with Crippen molar-refractivity contribution in [3.63, 3.8) is 0 Å². The molecule has 0 unspecified atom stereocenters. The van der Waals surface area contributed by atoms with Gasteiger partial charge in [0.2, 0.25) is 0 Å². The lowest BCUT2D eigenvalue weighted by molar-refractivity contribution is 0.101. The number of ketones is 1. The van der Waals surface area contributed by atoms with Gasteiger partial charge in [-0.05, 0) is 61.1 Å². The highest BCUT2D eigenvalue weighted by Crippen LogP contribution is 2.41. The number of hydrogen-bond acceptors (Lipinski definition) is 4. The summed E-state index contributed by atoms with van der Waals surface area (Å²) >= 11 is 12.4. The molecule has 4 rings (SSSR count). The lowest BCUT2D eigenvalue weighted by atomic mass is 9.78. The standard InChI is InChI=1S/C21H24Cl2N4O2/c1-15(28)19-4-8-27(24-19)20(29)26-10-6-21(7-11-26)5-9-25(14-21)13-16-12-17(22)2-3-18(16)23/h2-4,8,12H,5-7,9-11,13-14H2,1H3. The van der Waals surface area contributed by atoms with E-state index in [9.17, 15) is 9.59 Å². The van der Waals surface area contributed by atoms with Crippen LogP contribution in [0.15, 0.2) is 30.5 Å². The first-order chi connectivity index (χ1) is 13.8. The van der Waals surface area contributed by atoms with Crippen LogP contribution in [0, 0.1) is 5.41 Å². The minimum absolute atomic E-state index is 0.139. The third-order valence-corrected chi connectivity index (χ3v) is 6.76. The third kappa shape index (κ3) is 4.34. The van der Waals surface area contributed by atoms with E-state index in [4.69, 9.17) is 23.2 Å². The largest absolute Gasteiger partial charge is 0.344 e. The van der Waals surface area contributed by atoms with E-state index in [-0.39, 0.29) is 17.2 Å². The summed E-state index contributed by atoms with van der Waals surface area (Å²) in [5, 5.41) is 5.55. The lowest BCUT2D eigenvalue weighted by Crippen LogP contribution is -2.45. The van der Waals surface area contributed by atoms with Crippen LogP contribution in [0.4, 0.5) is 4.79 Å². The molecule has 29 heavy (non-hydrogen) atoms. The second-order valence-electron chi connectivity index (χ2n) is 8.17. The molecule has 2 aromatic rings. The van der Waals surface area contributed by atoms with E-state index >= 15 is 0 Å². The van der Waals surface area contributed by atoms with Crippen molar-refractivity contribution >= 4 is 35.0 Å². The molecule has 0 radical (unpaired) electrons. The molecule has 3 heterocycles. The van der Waals surface area contributed by atoms with Crippen LogP contribution in [-0.4, -0.2) is 57.6 Å². The van der Waals surface area contributed by atoms with Crippen LogP contribution in [0.5, 0.6) is 0 Å². The molecular formula is C21H24Cl2N4O2. The highest BCUT2D eigenvalue weighted by atomic mass is 35.5. The second-order valence-corrected chi connectivity index (χ2v) is 9.01. The summed E-state index contributed by atoms with van der Waals surface area (Å²) in [5.74, 6) is -0.139. The summed E-state index contributed by atoms with van der Waals surface area (Å²) < 4.78 is 1.27. The van der Waals surface area contributed by atoms with E-state index < -0.39 is 0 Å². The Morgan fingerprint density at radius 2 is 1.83 bits per heavy atom. The van der Waals surface area contributed by atoms with Gasteiger partial charge in [0.1, 0.15) is 5.69 Å². The Kier molecular flexibility index (Phi) is 5.69. The van der Waals surface area contributed by atoms with Gasteiger partial charge >= 0.3 is 6.03 Å². The molecule has 0 saturated carbocycles. The fourth-order valence-electron chi connectivity index (χ4n) is 4.41. The molecule has 8 heteroatoms. The number of benzene rings is 1. The quantitative estimate of drug-likeness (QED) is 0.673. The first kappa shape index (κ1) is 20.4. The van der Waals surface area contributed by atoms with Gasteiger partial charge < -0.3 is 4.90 Å². The van der Waals surface area contributed by atoms with Gasteiger partial charge in [0.25, 0.3) is 0 Å². The number of carbonyl (C=O) groups excluding carboxylic acids is 2. The zero-order valence-corrected chi connectivity index (χ0v) is 17.9. The fraction of sp³-hybridized carbons (Fsp3) is 0.476. The number of carbonyl (C=O) groups is 2. The molecule has 154 valence electrons. The Labute approximate surface area is 180 Å². The van der Waals surface area contributed by atoms with Crippen LogP contribution < -0.4 is 0 Å². The summed E-state index contributed by atoms with van der Waals surface area (Å²) in [5.41, 5.74) is 1.62. The summed E-state index contributed by atoms with van der Waals surface area (Å²) in [4.78, 5) is 28.4. The first-order valence-corrected chi connectivity index (χ1v) is 10.6. The van der Waals surface area contributed by atoms with Crippen molar-refractivity contribution in [1.82, 2.24) is 19.6 Å². The van der Waals surface area contributed by atoms with Crippen molar-refractivity contribution in [1.29, 1.82) is 0 Å².